The van der Waals surface area contributed by atoms with Crippen LogP contribution in [0.2, 0.25) is 0 Å². The molecular weight excluding hydrogens is 298 g/mol. The van der Waals surface area contributed by atoms with Crippen molar-refractivity contribution in [1.29, 1.82) is 0 Å². The average molecular weight is 319 g/mol. The second-order valence-corrected chi connectivity index (χ2v) is 6.33. The van der Waals surface area contributed by atoms with Crippen molar-refractivity contribution in [2.45, 2.75) is 19.3 Å². The summed E-state index contributed by atoms with van der Waals surface area (Å²) in [5.74, 6) is -0.0859. The van der Waals surface area contributed by atoms with E-state index in [1.807, 2.05) is 42.6 Å². The third-order valence-electron chi connectivity index (χ3n) is 4.66. The fraction of sp³-hybridized carbons (Fsp3) is 0.250. The Balaban J connectivity index is 1.46. The normalized spacial score (nSPS) is 14.8. The average Bonchev–Trinajstić information content (AvgIpc) is 3.11. The molecule has 1 amide bonds. The van der Waals surface area contributed by atoms with Crippen molar-refractivity contribution < 1.29 is 4.79 Å². The van der Waals surface area contributed by atoms with Crippen LogP contribution in [-0.2, 0) is 0 Å². The summed E-state index contributed by atoms with van der Waals surface area (Å²) in [7, 11) is 0. The minimum atomic E-state index is -0.0859. The molecule has 0 spiro atoms. The lowest BCUT2D eigenvalue weighted by Crippen LogP contribution is -2.29. The second kappa shape index (κ2) is 6.40. The number of aromatic amines is 1. The summed E-state index contributed by atoms with van der Waals surface area (Å²) in [5.41, 5.74) is 3.70. The Bertz CT molecular complexity index is 845. The van der Waals surface area contributed by atoms with Crippen LogP contribution in [-0.4, -0.2) is 24.0 Å². The minimum Gasteiger partial charge on any atom is -0.372 e. The van der Waals surface area contributed by atoms with Crippen LogP contribution in [0.25, 0.3) is 10.9 Å². The Morgan fingerprint density at radius 1 is 0.958 bits per heavy atom. The zero-order valence-corrected chi connectivity index (χ0v) is 13.6. The topological polar surface area (TPSA) is 48.1 Å². The molecule has 24 heavy (non-hydrogen) atoms. The highest BCUT2D eigenvalue weighted by molar-refractivity contribution is 6.06. The molecule has 1 aliphatic rings. The van der Waals surface area contributed by atoms with Crippen LogP contribution in [0.4, 0.5) is 11.4 Å². The van der Waals surface area contributed by atoms with Gasteiger partial charge in [-0.05, 0) is 67.1 Å². The van der Waals surface area contributed by atoms with E-state index < -0.39 is 0 Å². The predicted octanol–water partition coefficient (Wildman–Crippen LogP) is 4.41. The van der Waals surface area contributed by atoms with Crippen LogP contribution in [0.3, 0.4) is 0 Å². The van der Waals surface area contributed by atoms with Crippen molar-refractivity contribution in [3.8, 4) is 0 Å². The summed E-state index contributed by atoms with van der Waals surface area (Å²) in [6, 6.07) is 15.8. The lowest BCUT2D eigenvalue weighted by Gasteiger charge is -2.28. The Hall–Kier alpha value is -2.75. The van der Waals surface area contributed by atoms with Crippen LogP contribution in [0.1, 0.15) is 29.6 Å². The quantitative estimate of drug-likeness (QED) is 0.751. The third-order valence-corrected chi connectivity index (χ3v) is 4.66. The maximum absolute atomic E-state index is 12.4. The molecule has 1 aromatic heterocycles. The predicted molar refractivity (Wildman–Crippen MR) is 98.8 cm³/mol. The number of benzene rings is 2. The lowest BCUT2D eigenvalue weighted by molar-refractivity contribution is 0.102. The van der Waals surface area contributed by atoms with Crippen molar-refractivity contribution in [2.75, 3.05) is 23.3 Å². The van der Waals surface area contributed by atoms with Crippen molar-refractivity contribution in [3.63, 3.8) is 0 Å². The van der Waals surface area contributed by atoms with Crippen LogP contribution < -0.4 is 10.2 Å². The summed E-state index contributed by atoms with van der Waals surface area (Å²) in [4.78, 5) is 18.0. The zero-order chi connectivity index (χ0) is 16.4. The van der Waals surface area contributed by atoms with E-state index in [4.69, 9.17) is 0 Å². The van der Waals surface area contributed by atoms with E-state index in [0.29, 0.717) is 5.56 Å². The molecule has 0 unspecified atom stereocenters. The van der Waals surface area contributed by atoms with Crippen LogP contribution >= 0.6 is 0 Å². The summed E-state index contributed by atoms with van der Waals surface area (Å²) in [5, 5.41) is 4.08. The number of fused-ring (bicyclic) bond motifs is 1. The first-order valence-electron chi connectivity index (χ1n) is 8.53. The first-order chi connectivity index (χ1) is 11.8. The number of rotatable bonds is 3. The van der Waals surface area contributed by atoms with Crippen molar-refractivity contribution in [1.82, 2.24) is 4.98 Å². The summed E-state index contributed by atoms with van der Waals surface area (Å²) < 4.78 is 0. The molecule has 0 aliphatic carbocycles. The van der Waals surface area contributed by atoms with Gasteiger partial charge in [-0.2, -0.15) is 0 Å². The first kappa shape index (κ1) is 14.8. The van der Waals surface area contributed by atoms with Gasteiger partial charge in [-0.15, -0.1) is 0 Å². The lowest BCUT2D eigenvalue weighted by atomic mass is 10.1. The summed E-state index contributed by atoms with van der Waals surface area (Å²) in [6.07, 6.45) is 5.74. The molecule has 0 radical (unpaired) electrons. The highest BCUT2D eigenvalue weighted by atomic mass is 16.1. The zero-order valence-electron chi connectivity index (χ0n) is 13.6. The number of nitrogens with one attached hydrogen (secondary N) is 2. The largest absolute Gasteiger partial charge is 0.372 e. The van der Waals surface area contributed by atoms with Gasteiger partial charge in [0, 0.05) is 41.7 Å². The Kier molecular flexibility index (Phi) is 3.95. The van der Waals surface area contributed by atoms with E-state index in [1.165, 1.54) is 24.9 Å². The van der Waals surface area contributed by atoms with E-state index >= 15 is 0 Å². The molecule has 1 aliphatic heterocycles. The molecule has 3 aromatic rings. The monoisotopic (exact) mass is 319 g/mol. The van der Waals surface area contributed by atoms with E-state index in [9.17, 15) is 4.79 Å². The smallest absolute Gasteiger partial charge is 0.255 e. The van der Waals surface area contributed by atoms with Gasteiger partial charge in [-0.25, -0.2) is 0 Å². The van der Waals surface area contributed by atoms with E-state index in [2.05, 4.69) is 27.3 Å². The van der Waals surface area contributed by atoms with Gasteiger partial charge >= 0.3 is 0 Å². The number of nitrogens with zero attached hydrogens (tertiary/aromatic N) is 1. The van der Waals surface area contributed by atoms with Gasteiger partial charge in [0.05, 0.1) is 0 Å². The number of anilines is 2. The molecule has 0 atom stereocenters. The van der Waals surface area contributed by atoms with Crippen LogP contribution in [0, 0.1) is 0 Å². The minimum absolute atomic E-state index is 0.0859. The van der Waals surface area contributed by atoms with Gasteiger partial charge < -0.3 is 15.2 Å². The molecule has 4 rings (SSSR count). The number of hydrogen-bond donors (Lipinski definition) is 2. The number of H-pyrrole nitrogens is 1. The maximum Gasteiger partial charge on any atom is 0.255 e. The van der Waals surface area contributed by atoms with Gasteiger partial charge in [0.15, 0.2) is 0 Å². The number of carbonyl (C=O) groups is 1. The molecular formula is C20H21N3O. The number of piperidine rings is 1. The highest BCUT2D eigenvalue weighted by Crippen LogP contribution is 2.22. The summed E-state index contributed by atoms with van der Waals surface area (Å²) in [6.45, 7) is 2.25. The number of hydrogen-bond acceptors (Lipinski definition) is 2. The van der Waals surface area contributed by atoms with Crippen LogP contribution in [0.15, 0.2) is 54.7 Å². The first-order valence-corrected chi connectivity index (χ1v) is 8.53. The van der Waals surface area contributed by atoms with E-state index in [-0.39, 0.29) is 5.91 Å². The van der Waals surface area contributed by atoms with Crippen molar-refractivity contribution in [3.05, 3.63) is 60.3 Å². The Labute approximate surface area is 141 Å². The molecule has 122 valence electrons. The molecule has 2 aromatic carbocycles. The fourth-order valence-electron chi connectivity index (χ4n) is 3.30. The molecule has 1 saturated heterocycles. The molecule has 4 heteroatoms. The van der Waals surface area contributed by atoms with Crippen molar-refractivity contribution in [2.24, 2.45) is 0 Å². The number of carbonyl (C=O) groups excluding carboxylic acids is 1. The number of aromatic nitrogens is 1. The van der Waals surface area contributed by atoms with Gasteiger partial charge in [0.2, 0.25) is 0 Å². The second-order valence-electron chi connectivity index (χ2n) is 6.33. The van der Waals surface area contributed by atoms with Gasteiger partial charge in [-0.3, -0.25) is 4.79 Å². The molecule has 4 nitrogen and oxygen atoms in total. The van der Waals surface area contributed by atoms with Gasteiger partial charge in [-0.1, -0.05) is 6.07 Å². The maximum atomic E-state index is 12.4. The SMILES string of the molecule is O=C(Nc1ccc(N2CCCCC2)cc1)c1ccc2cc[nH]c2c1. The third kappa shape index (κ3) is 3.00. The Morgan fingerprint density at radius 3 is 2.54 bits per heavy atom. The standard InChI is InChI=1S/C20H21N3O/c24-20(16-5-4-15-10-11-21-19(15)14-16)22-17-6-8-18(9-7-17)23-12-2-1-3-13-23/h4-11,14,21H,1-3,12-13H2,(H,22,24). The van der Waals surface area contributed by atoms with Gasteiger partial charge in [0.25, 0.3) is 5.91 Å². The Morgan fingerprint density at radius 2 is 1.75 bits per heavy atom. The summed E-state index contributed by atoms with van der Waals surface area (Å²) >= 11 is 0. The van der Waals surface area contributed by atoms with E-state index in [1.54, 1.807) is 0 Å². The molecule has 0 bridgehead atoms. The molecule has 2 heterocycles. The number of amides is 1. The van der Waals surface area contributed by atoms with Crippen LogP contribution in [0.5, 0.6) is 0 Å². The molecule has 0 saturated carbocycles. The molecule has 1 fully saturated rings. The highest BCUT2D eigenvalue weighted by Gasteiger charge is 2.11. The van der Waals surface area contributed by atoms with Crippen molar-refractivity contribution >= 4 is 28.2 Å². The fourth-order valence-corrected chi connectivity index (χ4v) is 3.30. The van der Waals surface area contributed by atoms with E-state index in [0.717, 1.165) is 29.7 Å². The van der Waals surface area contributed by atoms with Gasteiger partial charge in [0.1, 0.15) is 0 Å². The molecule has 2 N–H and O–H groups in total.